The molecule has 7 heteroatoms. The number of rotatable bonds is 3. The number of methoxy groups -OCH3 is 1. The van der Waals surface area contributed by atoms with Gasteiger partial charge in [0.15, 0.2) is 5.65 Å². The second-order valence-corrected chi connectivity index (χ2v) is 8.38. The third-order valence-electron chi connectivity index (χ3n) is 6.56. The Labute approximate surface area is 174 Å². The lowest BCUT2D eigenvalue weighted by atomic mass is 9.86. The van der Waals surface area contributed by atoms with Crippen LogP contribution in [0.1, 0.15) is 42.6 Å². The smallest absolute Gasteiger partial charge is 0.278 e. The SMILES string of the molecule is COC1CCC(C(=O)N2Cc3nc4c(-c5ccccc5)c(C)[nH]n4c(=O)c3C2)CC1. The maximum Gasteiger partial charge on any atom is 0.278 e. The first-order valence-corrected chi connectivity index (χ1v) is 10.6. The molecule has 1 amide bonds. The van der Waals surface area contributed by atoms with Crippen LogP contribution < -0.4 is 5.56 Å². The van der Waals surface area contributed by atoms with Gasteiger partial charge in [-0.05, 0) is 38.2 Å². The van der Waals surface area contributed by atoms with Crippen molar-refractivity contribution in [3.05, 3.63) is 57.6 Å². The number of nitrogens with one attached hydrogen (secondary N) is 1. The maximum atomic E-state index is 13.2. The van der Waals surface area contributed by atoms with Gasteiger partial charge in [0.2, 0.25) is 5.91 Å². The fourth-order valence-electron chi connectivity index (χ4n) is 4.89. The fourth-order valence-corrected chi connectivity index (χ4v) is 4.89. The number of H-pyrrole nitrogens is 1. The summed E-state index contributed by atoms with van der Waals surface area (Å²) in [6.07, 6.45) is 3.77. The number of carbonyl (C=O) groups is 1. The number of hydrogen-bond acceptors (Lipinski definition) is 4. The summed E-state index contributed by atoms with van der Waals surface area (Å²) in [7, 11) is 1.73. The molecule has 7 nitrogen and oxygen atoms in total. The highest BCUT2D eigenvalue weighted by Crippen LogP contribution is 2.31. The van der Waals surface area contributed by atoms with E-state index in [4.69, 9.17) is 9.72 Å². The van der Waals surface area contributed by atoms with Crippen LogP contribution in [0.4, 0.5) is 0 Å². The van der Waals surface area contributed by atoms with Crippen LogP contribution in [0.5, 0.6) is 0 Å². The molecular formula is C23H26N4O3. The largest absolute Gasteiger partial charge is 0.381 e. The molecule has 0 bridgehead atoms. The molecule has 30 heavy (non-hydrogen) atoms. The van der Waals surface area contributed by atoms with Crippen molar-refractivity contribution in [2.75, 3.05) is 7.11 Å². The zero-order valence-corrected chi connectivity index (χ0v) is 17.4. The number of aromatic nitrogens is 3. The monoisotopic (exact) mass is 406 g/mol. The first-order valence-electron chi connectivity index (χ1n) is 10.6. The zero-order valence-electron chi connectivity index (χ0n) is 17.4. The Kier molecular flexibility index (Phi) is 4.70. The summed E-state index contributed by atoms with van der Waals surface area (Å²) in [5, 5.41) is 3.17. The fraction of sp³-hybridized carbons (Fsp3) is 0.435. The van der Waals surface area contributed by atoms with Crippen LogP contribution in [-0.4, -0.2) is 38.6 Å². The minimum atomic E-state index is -0.112. The van der Waals surface area contributed by atoms with E-state index in [-0.39, 0.29) is 23.5 Å². The van der Waals surface area contributed by atoms with Gasteiger partial charge in [0.1, 0.15) is 0 Å². The van der Waals surface area contributed by atoms with E-state index in [1.807, 2.05) is 37.3 Å². The van der Waals surface area contributed by atoms with E-state index in [9.17, 15) is 9.59 Å². The molecule has 0 atom stereocenters. The van der Waals surface area contributed by atoms with E-state index < -0.39 is 0 Å². The summed E-state index contributed by atoms with van der Waals surface area (Å²) >= 11 is 0. The molecule has 0 unspecified atom stereocenters. The number of benzene rings is 1. The summed E-state index contributed by atoms with van der Waals surface area (Å²) < 4.78 is 6.94. The summed E-state index contributed by atoms with van der Waals surface area (Å²) in [5.74, 6) is 0.149. The lowest BCUT2D eigenvalue weighted by molar-refractivity contribution is -0.138. The number of carbonyl (C=O) groups excluding carboxylic acids is 1. The standard InChI is InChI=1S/C23H26N4O3/c1-14-20(15-6-4-3-5-7-15)21-24-19-13-26(12-18(19)23(29)27(21)25-14)22(28)16-8-10-17(30-2)11-9-16/h3-7,16-17,25H,8-13H2,1-2H3. The van der Waals surface area contributed by atoms with Crippen LogP contribution in [0.15, 0.2) is 35.1 Å². The van der Waals surface area contributed by atoms with Crippen molar-refractivity contribution in [1.82, 2.24) is 19.5 Å². The van der Waals surface area contributed by atoms with Gasteiger partial charge in [0, 0.05) is 24.3 Å². The van der Waals surface area contributed by atoms with Gasteiger partial charge in [-0.2, -0.15) is 0 Å². The van der Waals surface area contributed by atoms with E-state index in [0.717, 1.165) is 48.2 Å². The van der Waals surface area contributed by atoms with Crippen molar-refractivity contribution in [2.45, 2.75) is 51.8 Å². The van der Waals surface area contributed by atoms with Crippen molar-refractivity contribution in [1.29, 1.82) is 0 Å². The Balaban J connectivity index is 1.46. The average molecular weight is 406 g/mol. The number of amides is 1. The highest BCUT2D eigenvalue weighted by molar-refractivity contribution is 5.81. The van der Waals surface area contributed by atoms with E-state index in [1.54, 1.807) is 12.0 Å². The summed E-state index contributed by atoms with van der Waals surface area (Å²) in [5.41, 5.74) is 4.69. The minimum Gasteiger partial charge on any atom is -0.381 e. The van der Waals surface area contributed by atoms with Crippen LogP contribution in [0.25, 0.3) is 16.8 Å². The lowest BCUT2D eigenvalue weighted by Gasteiger charge is -2.29. The Morgan fingerprint density at radius 1 is 1.13 bits per heavy atom. The highest BCUT2D eigenvalue weighted by Gasteiger charge is 2.34. The van der Waals surface area contributed by atoms with E-state index in [2.05, 4.69) is 5.10 Å². The van der Waals surface area contributed by atoms with Crippen LogP contribution >= 0.6 is 0 Å². The maximum absolute atomic E-state index is 13.2. The normalized spacial score (nSPS) is 21.2. The Morgan fingerprint density at radius 2 is 1.87 bits per heavy atom. The van der Waals surface area contributed by atoms with Crippen LogP contribution in [0.2, 0.25) is 0 Å². The van der Waals surface area contributed by atoms with Crippen molar-refractivity contribution >= 4 is 11.6 Å². The topological polar surface area (TPSA) is 79.7 Å². The molecule has 1 aromatic carbocycles. The van der Waals surface area contributed by atoms with Gasteiger partial charge in [0.05, 0.1) is 30.5 Å². The molecule has 1 aliphatic heterocycles. The summed E-state index contributed by atoms with van der Waals surface area (Å²) in [6, 6.07) is 9.95. The third-order valence-corrected chi connectivity index (χ3v) is 6.56. The lowest BCUT2D eigenvalue weighted by Crippen LogP contribution is -2.35. The van der Waals surface area contributed by atoms with Crippen LogP contribution in [-0.2, 0) is 22.6 Å². The predicted molar refractivity (Wildman–Crippen MR) is 113 cm³/mol. The number of aromatic amines is 1. The molecular weight excluding hydrogens is 380 g/mol. The Morgan fingerprint density at radius 3 is 2.57 bits per heavy atom. The Hall–Kier alpha value is -2.93. The van der Waals surface area contributed by atoms with Gasteiger partial charge in [-0.3, -0.25) is 14.7 Å². The second kappa shape index (κ2) is 7.40. The first-order chi connectivity index (χ1) is 14.6. The number of hydrogen-bond donors (Lipinski definition) is 1. The molecule has 1 fully saturated rings. The minimum absolute atomic E-state index is 0.0143. The van der Waals surface area contributed by atoms with Crippen LogP contribution in [0, 0.1) is 12.8 Å². The van der Waals surface area contributed by atoms with Gasteiger partial charge in [-0.1, -0.05) is 30.3 Å². The molecule has 1 N–H and O–H groups in total. The molecule has 156 valence electrons. The molecule has 3 aromatic rings. The molecule has 0 spiro atoms. The summed E-state index contributed by atoms with van der Waals surface area (Å²) in [6.45, 7) is 2.70. The quantitative estimate of drug-likeness (QED) is 0.725. The molecule has 0 radical (unpaired) electrons. The van der Waals surface area contributed by atoms with Gasteiger partial charge in [-0.25, -0.2) is 9.50 Å². The molecule has 3 heterocycles. The number of fused-ring (bicyclic) bond motifs is 2. The van der Waals surface area contributed by atoms with Crippen molar-refractivity contribution in [3.63, 3.8) is 0 Å². The number of aryl methyl sites for hydroxylation is 1. The molecule has 2 aliphatic rings. The molecule has 2 aromatic heterocycles. The van der Waals surface area contributed by atoms with Crippen molar-refractivity contribution in [3.8, 4) is 11.1 Å². The highest BCUT2D eigenvalue weighted by atomic mass is 16.5. The second-order valence-electron chi connectivity index (χ2n) is 8.38. The predicted octanol–water partition coefficient (Wildman–Crippen LogP) is 3.05. The van der Waals surface area contributed by atoms with E-state index in [0.29, 0.717) is 24.3 Å². The molecule has 5 rings (SSSR count). The van der Waals surface area contributed by atoms with E-state index >= 15 is 0 Å². The zero-order chi connectivity index (χ0) is 20.8. The third kappa shape index (κ3) is 3.04. The van der Waals surface area contributed by atoms with E-state index in [1.165, 1.54) is 4.52 Å². The van der Waals surface area contributed by atoms with Gasteiger partial charge in [-0.15, -0.1) is 0 Å². The van der Waals surface area contributed by atoms with Gasteiger partial charge < -0.3 is 9.64 Å². The number of nitrogens with zero attached hydrogens (tertiary/aromatic N) is 3. The first kappa shape index (κ1) is 19.1. The molecule has 1 aliphatic carbocycles. The van der Waals surface area contributed by atoms with Crippen molar-refractivity contribution < 1.29 is 9.53 Å². The van der Waals surface area contributed by atoms with Gasteiger partial charge in [0.25, 0.3) is 5.56 Å². The van der Waals surface area contributed by atoms with Crippen molar-refractivity contribution in [2.24, 2.45) is 5.92 Å². The Bertz CT molecular complexity index is 1160. The average Bonchev–Trinajstić information content (AvgIpc) is 3.35. The number of ether oxygens (including phenoxy) is 1. The molecule has 1 saturated carbocycles. The van der Waals surface area contributed by atoms with Gasteiger partial charge >= 0.3 is 0 Å². The summed E-state index contributed by atoms with van der Waals surface area (Å²) in [4.78, 5) is 32.9. The molecule has 0 saturated heterocycles. The van der Waals surface area contributed by atoms with Crippen LogP contribution in [0.3, 0.4) is 0 Å².